The Morgan fingerprint density at radius 3 is 2.33 bits per heavy atom. The van der Waals surface area contributed by atoms with E-state index in [9.17, 15) is 19.1 Å². The summed E-state index contributed by atoms with van der Waals surface area (Å²) in [6.07, 6.45) is -0.664. The number of rotatable bonds is 8. The maximum atomic E-state index is 13.9. The summed E-state index contributed by atoms with van der Waals surface area (Å²) in [7, 11) is 0. The number of hydrogen-bond donors (Lipinski definition) is 1. The van der Waals surface area contributed by atoms with Gasteiger partial charge in [0.1, 0.15) is 24.1 Å². The summed E-state index contributed by atoms with van der Waals surface area (Å²) in [4.78, 5) is 27.8. The lowest BCUT2D eigenvalue weighted by Gasteiger charge is -2.47. The zero-order chi connectivity index (χ0) is 25.8. The molecule has 36 heavy (non-hydrogen) atoms. The number of amides is 1. The number of carbonyl (C=O) groups is 2. The van der Waals surface area contributed by atoms with Gasteiger partial charge in [0, 0.05) is 16.5 Å². The van der Waals surface area contributed by atoms with Gasteiger partial charge in [0.15, 0.2) is 0 Å². The molecule has 8 heteroatoms. The van der Waals surface area contributed by atoms with Crippen LogP contribution in [0.2, 0.25) is 10.0 Å². The van der Waals surface area contributed by atoms with Gasteiger partial charge in [0.2, 0.25) is 0 Å². The minimum atomic E-state index is -1.09. The van der Waals surface area contributed by atoms with Gasteiger partial charge in [0.25, 0.3) is 5.91 Å². The number of benzene rings is 3. The molecule has 1 heterocycles. The van der Waals surface area contributed by atoms with E-state index in [1.807, 2.05) is 13.0 Å². The monoisotopic (exact) mass is 529 g/mol. The van der Waals surface area contributed by atoms with E-state index in [1.165, 1.54) is 17.0 Å². The highest BCUT2D eigenvalue weighted by Crippen LogP contribution is 2.44. The Labute approximate surface area is 219 Å². The van der Waals surface area contributed by atoms with Crippen molar-refractivity contribution in [3.8, 4) is 0 Å². The van der Waals surface area contributed by atoms with Gasteiger partial charge in [-0.1, -0.05) is 72.9 Å². The van der Waals surface area contributed by atoms with Gasteiger partial charge in [-0.25, -0.2) is 9.18 Å². The lowest BCUT2D eigenvalue weighted by molar-refractivity contribution is -0.184. The molecule has 4 rings (SSSR count). The molecule has 0 spiro atoms. The largest absolute Gasteiger partial charge is 0.480 e. The molecule has 3 aromatic carbocycles. The summed E-state index contributed by atoms with van der Waals surface area (Å²) in [5, 5.41) is 11.2. The van der Waals surface area contributed by atoms with Crippen LogP contribution >= 0.6 is 23.2 Å². The van der Waals surface area contributed by atoms with Crippen LogP contribution in [0.3, 0.4) is 0 Å². The highest BCUT2D eigenvalue weighted by Gasteiger charge is 2.48. The third-order valence-electron chi connectivity index (χ3n) is 6.33. The van der Waals surface area contributed by atoms with Crippen molar-refractivity contribution in [1.29, 1.82) is 0 Å². The van der Waals surface area contributed by atoms with Gasteiger partial charge in [-0.3, -0.25) is 4.79 Å². The van der Waals surface area contributed by atoms with Crippen LogP contribution in [-0.2, 0) is 20.7 Å². The van der Waals surface area contributed by atoms with Crippen molar-refractivity contribution in [3.63, 3.8) is 0 Å². The molecule has 1 aliphatic rings. The van der Waals surface area contributed by atoms with Crippen molar-refractivity contribution in [2.24, 2.45) is 0 Å². The Morgan fingerprint density at radius 2 is 1.72 bits per heavy atom. The van der Waals surface area contributed by atoms with Gasteiger partial charge in [-0.05, 0) is 59.5 Å². The molecule has 0 bridgehead atoms. The normalized spacial score (nSPS) is 20.8. The van der Waals surface area contributed by atoms with Crippen molar-refractivity contribution < 1.29 is 23.8 Å². The second-order valence-corrected chi connectivity index (χ2v) is 9.69. The van der Waals surface area contributed by atoms with Crippen molar-refractivity contribution >= 4 is 35.1 Å². The Morgan fingerprint density at radius 1 is 1.03 bits per heavy atom. The van der Waals surface area contributed by atoms with Crippen molar-refractivity contribution in [3.05, 3.63) is 105 Å². The van der Waals surface area contributed by atoms with Crippen molar-refractivity contribution in [1.82, 2.24) is 4.90 Å². The van der Waals surface area contributed by atoms with Crippen LogP contribution in [0.15, 0.2) is 72.8 Å². The number of ether oxygens (including phenoxy) is 1. The highest BCUT2D eigenvalue weighted by molar-refractivity contribution is 6.30. The fourth-order valence-corrected chi connectivity index (χ4v) is 5.00. The second kappa shape index (κ2) is 11.4. The first-order valence-corrected chi connectivity index (χ1v) is 12.5. The number of nitrogens with zero attached hydrogens (tertiary/aromatic N) is 1. The van der Waals surface area contributed by atoms with E-state index in [4.69, 9.17) is 27.9 Å². The van der Waals surface area contributed by atoms with E-state index in [1.54, 1.807) is 54.6 Å². The Bertz CT molecular complexity index is 1220. The van der Waals surface area contributed by atoms with Crippen LogP contribution in [0.25, 0.3) is 0 Å². The molecule has 1 amide bonds. The smallest absolute Gasteiger partial charge is 0.326 e. The average Bonchev–Trinajstić information content (AvgIpc) is 2.85. The van der Waals surface area contributed by atoms with E-state index in [-0.39, 0.29) is 18.7 Å². The molecular formula is C28H26Cl2FNO4. The number of carbonyl (C=O) groups excluding carboxylic acids is 1. The summed E-state index contributed by atoms with van der Waals surface area (Å²) in [6.45, 7) is 1.88. The Kier molecular flexibility index (Phi) is 8.29. The van der Waals surface area contributed by atoms with Gasteiger partial charge in [0.05, 0.1) is 6.04 Å². The van der Waals surface area contributed by atoms with Crippen LogP contribution in [-0.4, -0.2) is 34.0 Å². The van der Waals surface area contributed by atoms with E-state index < -0.39 is 36.2 Å². The first-order chi connectivity index (χ1) is 17.3. The third kappa shape index (κ3) is 5.72. The first kappa shape index (κ1) is 26.1. The molecular weight excluding hydrogens is 504 g/mol. The summed E-state index contributed by atoms with van der Waals surface area (Å²) in [5.74, 6) is -1.90. The standard InChI is InChI=1S/C28H26Cl2FNO4/c1-2-4-23(28(34)35)32-25(18-9-11-20(29)12-10-18)26(19-5-3-6-21(30)16-19)36-24(27(32)33)15-17-7-13-22(31)14-8-17/h3,5-14,16,23-26H,2,4,15H2,1H3,(H,34,35)/t23-,24?,25+,26-/m1/s1. The van der Waals surface area contributed by atoms with Crippen LogP contribution in [0.1, 0.15) is 48.6 Å². The fourth-order valence-electron chi connectivity index (χ4n) is 4.67. The number of morpholine rings is 1. The maximum Gasteiger partial charge on any atom is 0.326 e. The van der Waals surface area contributed by atoms with E-state index in [2.05, 4.69) is 0 Å². The number of aliphatic carboxylic acids is 1. The molecule has 1 aliphatic heterocycles. The first-order valence-electron chi connectivity index (χ1n) is 11.7. The van der Waals surface area contributed by atoms with Gasteiger partial charge in [-0.15, -0.1) is 0 Å². The molecule has 0 saturated carbocycles. The van der Waals surface area contributed by atoms with E-state index in [0.717, 1.165) is 0 Å². The molecule has 188 valence electrons. The summed E-state index contributed by atoms with van der Waals surface area (Å²) in [5.41, 5.74) is 2.11. The SMILES string of the molecule is CCC[C@H](C(=O)O)N1C(=O)C(Cc2ccc(F)cc2)O[C@H](c2cccc(Cl)c2)[C@@H]1c1ccc(Cl)cc1. The Balaban J connectivity index is 1.85. The van der Waals surface area contributed by atoms with Crippen molar-refractivity contribution in [2.45, 2.75) is 50.5 Å². The molecule has 0 aliphatic carbocycles. The zero-order valence-electron chi connectivity index (χ0n) is 19.6. The van der Waals surface area contributed by atoms with Crippen LogP contribution < -0.4 is 0 Å². The molecule has 0 aromatic heterocycles. The lowest BCUT2D eigenvalue weighted by Crippen LogP contribution is -2.57. The molecule has 1 saturated heterocycles. The molecule has 3 aromatic rings. The molecule has 5 nitrogen and oxygen atoms in total. The number of carboxylic acid groups (broad SMARTS) is 1. The number of halogens is 3. The molecule has 1 unspecified atom stereocenters. The second-order valence-electron chi connectivity index (χ2n) is 8.82. The summed E-state index contributed by atoms with van der Waals surface area (Å²) >= 11 is 12.4. The third-order valence-corrected chi connectivity index (χ3v) is 6.82. The average molecular weight is 530 g/mol. The summed E-state index contributed by atoms with van der Waals surface area (Å²) in [6, 6.07) is 18.1. The van der Waals surface area contributed by atoms with E-state index >= 15 is 0 Å². The van der Waals surface area contributed by atoms with E-state index in [0.29, 0.717) is 33.2 Å². The fraction of sp³-hybridized carbons (Fsp3) is 0.286. The number of carboxylic acids is 1. The molecule has 0 radical (unpaired) electrons. The minimum absolute atomic E-state index is 0.165. The van der Waals surface area contributed by atoms with Crippen LogP contribution in [0, 0.1) is 5.82 Å². The topological polar surface area (TPSA) is 66.8 Å². The summed E-state index contributed by atoms with van der Waals surface area (Å²) < 4.78 is 19.9. The molecule has 1 N–H and O–H groups in total. The lowest BCUT2D eigenvalue weighted by atomic mass is 9.88. The molecule has 1 fully saturated rings. The minimum Gasteiger partial charge on any atom is -0.480 e. The maximum absolute atomic E-state index is 13.9. The predicted octanol–water partition coefficient (Wildman–Crippen LogP) is 6.64. The van der Waals surface area contributed by atoms with Gasteiger partial charge >= 0.3 is 5.97 Å². The predicted molar refractivity (Wildman–Crippen MR) is 137 cm³/mol. The molecule has 4 atom stereocenters. The number of hydrogen-bond acceptors (Lipinski definition) is 3. The Hall–Kier alpha value is -2.93. The zero-order valence-corrected chi connectivity index (χ0v) is 21.1. The quantitative estimate of drug-likeness (QED) is 0.355. The van der Waals surface area contributed by atoms with Crippen LogP contribution in [0.5, 0.6) is 0 Å². The van der Waals surface area contributed by atoms with Gasteiger partial charge in [-0.2, -0.15) is 0 Å². The van der Waals surface area contributed by atoms with Crippen molar-refractivity contribution in [2.75, 3.05) is 0 Å². The highest BCUT2D eigenvalue weighted by atomic mass is 35.5. The van der Waals surface area contributed by atoms with Gasteiger partial charge < -0.3 is 14.7 Å². The van der Waals surface area contributed by atoms with Crippen LogP contribution in [0.4, 0.5) is 4.39 Å².